The first-order valence-electron chi connectivity index (χ1n) is 8.12. The van der Waals surface area contributed by atoms with Crippen LogP contribution in [0.25, 0.3) is 11.1 Å². The number of benzene rings is 2. The third-order valence-corrected chi connectivity index (χ3v) is 5.29. The van der Waals surface area contributed by atoms with Gasteiger partial charge in [0, 0.05) is 29.6 Å². The summed E-state index contributed by atoms with van der Waals surface area (Å²) in [6.07, 6.45) is -0.0140. The summed E-state index contributed by atoms with van der Waals surface area (Å²) < 4.78 is 11.3. The van der Waals surface area contributed by atoms with Crippen LogP contribution in [0.2, 0.25) is 0 Å². The van der Waals surface area contributed by atoms with Crippen LogP contribution in [0.4, 0.5) is 0 Å². The van der Waals surface area contributed by atoms with E-state index in [1.54, 1.807) is 12.1 Å². The largest absolute Gasteiger partial charge is 0.308 e. The molecule has 2 aromatic rings. The van der Waals surface area contributed by atoms with Gasteiger partial charge in [-0.25, -0.2) is 0 Å². The number of nitriles is 2. The summed E-state index contributed by atoms with van der Waals surface area (Å²) in [5.41, 5.74) is 2.08. The van der Waals surface area contributed by atoms with E-state index in [1.807, 2.05) is 45.9 Å². The van der Waals surface area contributed by atoms with Gasteiger partial charge in [-0.1, -0.05) is 24.3 Å². The summed E-state index contributed by atoms with van der Waals surface area (Å²) in [5, 5.41) is 19.5. The average molecular weight is 384 g/mol. The Balaban J connectivity index is 2.67. The number of rotatable bonds is 7. The van der Waals surface area contributed by atoms with Crippen molar-refractivity contribution < 1.29 is 8.37 Å². The molecule has 0 amide bonds. The number of nitrogens with zero attached hydrogens (tertiary/aromatic N) is 2. The smallest absolute Gasteiger partial charge is 0.101 e. The zero-order valence-electron chi connectivity index (χ0n) is 15.1. The van der Waals surface area contributed by atoms with Gasteiger partial charge in [0.2, 0.25) is 0 Å². The van der Waals surface area contributed by atoms with Crippen molar-refractivity contribution in [1.29, 1.82) is 10.5 Å². The summed E-state index contributed by atoms with van der Waals surface area (Å²) in [6, 6.07) is 16.6. The van der Waals surface area contributed by atoms with E-state index in [9.17, 15) is 10.5 Å². The van der Waals surface area contributed by atoms with Gasteiger partial charge in [0.15, 0.2) is 0 Å². The molecule has 0 aliphatic carbocycles. The SMILES string of the molecule is CC(C)OSc1cc(C#N)c(-c2[c]cccc2)c(C#N)c1SOC(C)C. The highest BCUT2D eigenvalue weighted by Gasteiger charge is 2.22. The molecule has 0 saturated heterocycles. The highest BCUT2D eigenvalue weighted by Crippen LogP contribution is 2.42. The maximum absolute atomic E-state index is 9.86. The summed E-state index contributed by atoms with van der Waals surface area (Å²) in [6.45, 7) is 7.69. The minimum Gasteiger partial charge on any atom is -0.308 e. The highest BCUT2D eigenvalue weighted by atomic mass is 32.2. The van der Waals surface area contributed by atoms with Gasteiger partial charge in [0.25, 0.3) is 0 Å². The molecule has 133 valence electrons. The molecular weight excluding hydrogens is 364 g/mol. The fourth-order valence-electron chi connectivity index (χ4n) is 2.10. The summed E-state index contributed by atoms with van der Waals surface area (Å²) in [4.78, 5) is 1.34. The third kappa shape index (κ3) is 5.03. The maximum atomic E-state index is 9.86. The van der Waals surface area contributed by atoms with E-state index in [4.69, 9.17) is 8.37 Å². The van der Waals surface area contributed by atoms with Gasteiger partial charge in [-0.3, -0.25) is 0 Å². The molecule has 0 saturated carbocycles. The van der Waals surface area contributed by atoms with Crippen molar-refractivity contribution in [3.8, 4) is 23.3 Å². The Labute approximate surface area is 163 Å². The van der Waals surface area contributed by atoms with E-state index in [-0.39, 0.29) is 12.2 Å². The summed E-state index contributed by atoms with van der Waals surface area (Å²) >= 11 is 2.30. The van der Waals surface area contributed by atoms with E-state index in [2.05, 4.69) is 18.2 Å². The second-order valence-corrected chi connectivity index (χ2v) is 7.52. The lowest BCUT2D eigenvalue weighted by Gasteiger charge is -2.17. The van der Waals surface area contributed by atoms with Gasteiger partial charge in [0.05, 0.1) is 39.2 Å². The second kappa shape index (κ2) is 9.66. The maximum Gasteiger partial charge on any atom is 0.101 e. The van der Waals surface area contributed by atoms with E-state index < -0.39 is 0 Å². The Kier molecular flexibility index (Phi) is 7.56. The molecule has 1 radical (unpaired) electrons. The van der Waals surface area contributed by atoms with Gasteiger partial charge < -0.3 is 8.37 Å². The number of hydrogen-bond acceptors (Lipinski definition) is 6. The molecule has 0 fully saturated rings. The molecule has 0 N–H and O–H groups in total. The molecule has 0 bridgehead atoms. The molecule has 0 atom stereocenters. The molecular formula is C20H19N2O2S2. The molecule has 0 aromatic heterocycles. The fraction of sp³-hybridized carbons (Fsp3) is 0.300. The van der Waals surface area contributed by atoms with Gasteiger partial charge in [-0.2, -0.15) is 10.5 Å². The minimum atomic E-state index is -0.0159. The molecule has 0 unspecified atom stereocenters. The molecule has 0 spiro atoms. The van der Waals surface area contributed by atoms with E-state index >= 15 is 0 Å². The first-order valence-corrected chi connectivity index (χ1v) is 9.61. The summed E-state index contributed by atoms with van der Waals surface area (Å²) in [7, 11) is 0. The monoisotopic (exact) mass is 383 g/mol. The molecule has 2 aromatic carbocycles. The zero-order chi connectivity index (χ0) is 19.1. The molecule has 0 aliphatic heterocycles. The van der Waals surface area contributed by atoms with E-state index in [0.717, 1.165) is 24.1 Å². The Morgan fingerprint density at radius 1 is 1.00 bits per heavy atom. The van der Waals surface area contributed by atoms with Gasteiger partial charge in [0.1, 0.15) is 6.07 Å². The van der Waals surface area contributed by atoms with Crippen LogP contribution in [0.1, 0.15) is 38.8 Å². The Bertz CT molecular complexity index is 838. The lowest BCUT2D eigenvalue weighted by molar-refractivity contribution is 0.285. The lowest BCUT2D eigenvalue weighted by Crippen LogP contribution is -2.01. The Morgan fingerprint density at radius 2 is 1.69 bits per heavy atom. The molecule has 0 aliphatic rings. The van der Waals surface area contributed by atoms with Crippen LogP contribution in [-0.4, -0.2) is 12.2 Å². The molecule has 26 heavy (non-hydrogen) atoms. The van der Waals surface area contributed by atoms with Gasteiger partial charge in [-0.15, -0.1) is 0 Å². The van der Waals surface area contributed by atoms with Crippen molar-refractivity contribution in [3.05, 3.63) is 47.5 Å². The van der Waals surface area contributed by atoms with Gasteiger partial charge >= 0.3 is 0 Å². The highest BCUT2D eigenvalue weighted by molar-refractivity contribution is 7.97. The quantitative estimate of drug-likeness (QED) is 0.566. The van der Waals surface area contributed by atoms with E-state index in [0.29, 0.717) is 32.0 Å². The van der Waals surface area contributed by atoms with Crippen LogP contribution in [0, 0.1) is 28.7 Å². The molecule has 6 heteroatoms. The fourth-order valence-corrected chi connectivity index (χ4v) is 3.61. The zero-order valence-corrected chi connectivity index (χ0v) is 16.7. The Morgan fingerprint density at radius 3 is 2.23 bits per heavy atom. The minimum absolute atomic E-state index is 0.00192. The standard InChI is InChI=1S/C20H19N2O2S2/c1-13(2)23-25-18-10-16(11-21)19(15-8-6-5-7-9-15)17(12-22)20(18)26-24-14(3)4/h5-8,10,13-14H,1-4H3. The van der Waals surface area contributed by atoms with Crippen molar-refractivity contribution in [1.82, 2.24) is 0 Å². The van der Waals surface area contributed by atoms with Crippen LogP contribution in [-0.2, 0) is 8.37 Å². The van der Waals surface area contributed by atoms with Crippen LogP contribution >= 0.6 is 24.1 Å². The first-order chi connectivity index (χ1) is 12.5. The lowest BCUT2D eigenvalue weighted by atomic mass is 9.95. The average Bonchev–Trinajstić information content (AvgIpc) is 2.64. The summed E-state index contributed by atoms with van der Waals surface area (Å²) in [5.74, 6) is 0. The topological polar surface area (TPSA) is 66.0 Å². The molecule has 4 nitrogen and oxygen atoms in total. The van der Waals surface area contributed by atoms with Crippen LogP contribution in [0.5, 0.6) is 0 Å². The van der Waals surface area contributed by atoms with Crippen molar-refractivity contribution in [2.45, 2.75) is 49.7 Å². The molecule has 2 rings (SSSR count). The van der Waals surface area contributed by atoms with Crippen molar-refractivity contribution in [2.75, 3.05) is 0 Å². The van der Waals surface area contributed by atoms with E-state index in [1.165, 1.54) is 0 Å². The normalized spacial score (nSPS) is 10.8. The number of hydrogen-bond donors (Lipinski definition) is 0. The van der Waals surface area contributed by atoms with Crippen molar-refractivity contribution >= 4 is 24.1 Å². The second-order valence-electron chi connectivity index (χ2n) is 5.96. The molecule has 0 heterocycles. The first kappa shape index (κ1) is 20.4. The van der Waals surface area contributed by atoms with Crippen molar-refractivity contribution in [3.63, 3.8) is 0 Å². The Hall–Kier alpha value is -1.96. The third-order valence-electron chi connectivity index (χ3n) is 3.11. The van der Waals surface area contributed by atoms with Crippen LogP contribution in [0.15, 0.2) is 40.1 Å². The predicted molar refractivity (Wildman–Crippen MR) is 104 cm³/mol. The predicted octanol–water partition coefficient (Wildman–Crippen LogP) is 5.76. The van der Waals surface area contributed by atoms with Crippen molar-refractivity contribution in [2.24, 2.45) is 0 Å². The van der Waals surface area contributed by atoms with Crippen LogP contribution in [0.3, 0.4) is 0 Å². The van der Waals surface area contributed by atoms with Gasteiger partial charge in [-0.05, 0) is 45.4 Å². The van der Waals surface area contributed by atoms with Crippen LogP contribution < -0.4 is 0 Å².